The number of rotatable bonds is 3. The highest BCUT2D eigenvalue weighted by Crippen LogP contribution is 2.40. The van der Waals surface area contributed by atoms with E-state index in [9.17, 15) is 0 Å². The van der Waals surface area contributed by atoms with Crippen LogP contribution in [0.4, 0.5) is 0 Å². The molecule has 2 aromatic heterocycles. The van der Waals surface area contributed by atoms with Crippen molar-refractivity contribution in [3.8, 4) is 5.69 Å². The second-order valence-electron chi connectivity index (χ2n) is 6.88. The first-order chi connectivity index (χ1) is 13.0. The monoisotopic (exact) mass is 440 g/mol. The fourth-order valence-corrected chi connectivity index (χ4v) is 4.43. The van der Waals surface area contributed by atoms with Gasteiger partial charge in [0.15, 0.2) is 5.11 Å². The normalized spacial score (nSPS) is 19.4. The van der Waals surface area contributed by atoms with Gasteiger partial charge >= 0.3 is 0 Å². The smallest absolute Gasteiger partial charge is 0.169 e. The number of likely N-dealkylation sites (N-methyl/N-ethyl adjacent to an activating group) is 1. The third kappa shape index (κ3) is 3.17. The van der Waals surface area contributed by atoms with Gasteiger partial charge in [-0.2, -0.15) is 0 Å². The van der Waals surface area contributed by atoms with Crippen LogP contribution >= 0.6 is 28.1 Å². The van der Waals surface area contributed by atoms with Crippen LogP contribution in [0.2, 0.25) is 0 Å². The molecule has 1 aliphatic rings. The molecule has 1 saturated heterocycles. The summed E-state index contributed by atoms with van der Waals surface area (Å²) in [6.07, 6.45) is 1.83. The standard InChI is InChI=1S/C21H21BrN4S/c1-13-12-17(14(2)26(13)16-9-7-15(22)8-10-16)20-19(24-21(27)25(20)3)18-6-4-5-11-23-18/h4-12,19-20H,1-3H3,(H,24,27)/t19-,20+/m1/s1. The zero-order chi connectivity index (χ0) is 19.1. The van der Waals surface area contributed by atoms with Crippen LogP contribution in [0.5, 0.6) is 0 Å². The van der Waals surface area contributed by atoms with Crippen LogP contribution < -0.4 is 5.32 Å². The van der Waals surface area contributed by atoms with Crippen LogP contribution in [0, 0.1) is 13.8 Å². The molecule has 0 radical (unpaired) electrons. The van der Waals surface area contributed by atoms with Crippen LogP contribution in [0.25, 0.3) is 5.69 Å². The second-order valence-corrected chi connectivity index (χ2v) is 8.18. The summed E-state index contributed by atoms with van der Waals surface area (Å²) >= 11 is 9.08. The van der Waals surface area contributed by atoms with E-state index < -0.39 is 0 Å². The van der Waals surface area contributed by atoms with Gasteiger partial charge in [0.05, 0.1) is 17.8 Å². The fraction of sp³-hybridized carbons (Fsp3) is 0.238. The summed E-state index contributed by atoms with van der Waals surface area (Å²) in [6.45, 7) is 4.32. The lowest BCUT2D eigenvalue weighted by atomic mass is 9.97. The van der Waals surface area contributed by atoms with Crippen molar-refractivity contribution in [3.63, 3.8) is 0 Å². The molecule has 4 rings (SSSR count). The van der Waals surface area contributed by atoms with Crippen molar-refractivity contribution in [1.82, 2.24) is 19.8 Å². The van der Waals surface area contributed by atoms with Gasteiger partial charge in [-0.1, -0.05) is 22.0 Å². The van der Waals surface area contributed by atoms with E-state index in [-0.39, 0.29) is 12.1 Å². The van der Waals surface area contributed by atoms with E-state index in [0.717, 1.165) is 21.0 Å². The zero-order valence-electron chi connectivity index (χ0n) is 15.5. The molecule has 1 aromatic carbocycles. The zero-order valence-corrected chi connectivity index (χ0v) is 17.9. The van der Waals surface area contributed by atoms with E-state index in [2.05, 4.69) is 93.0 Å². The molecule has 27 heavy (non-hydrogen) atoms. The minimum atomic E-state index is 0.0302. The van der Waals surface area contributed by atoms with Crippen LogP contribution in [-0.4, -0.2) is 26.6 Å². The van der Waals surface area contributed by atoms with Crippen LogP contribution in [0.15, 0.2) is 59.2 Å². The lowest BCUT2D eigenvalue weighted by molar-refractivity contribution is 0.367. The van der Waals surface area contributed by atoms with Crippen LogP contribution in [0.3, 0.4) is 0 Å². The summed E-state index contributed by atoms with van der Waals surface area (Å²) < 4.78 is 3.38. The maximum Gasteiger partial charge on any atom is 0.169 e. The minimum absolute atomic E-state index is 0.0302. The number of benzene rings is 1. The average Bonchev–Trinajstić information content (AvgIpc) is 3.12. The van der Waals surface area contributed by atoms with E-state index in [4.69, 9.17) is 12.2 Å². The number of hydrogen-bond acceptors (Lipinski definition) is 2. The number of thiocarbonyl (C=S) groups is 1. The number of nitrogens with one attached hydrogen (secondary N) is 1. The van der Waals surface area contributed by atoms with E-state index in [1.165, 1.54) is 17.0 Å². The van der Waals surface area contributed by atoms with Crippen molar-refractivity contribution in [1.29, 1.82) is 0 Å². The van der Waals surface area contributed by atoms with Crippen molar-refractivity contribution >= 4 is 33.3 Å². The Balaban J connectivity index is 1.81. The maximum atomic E-state index is 5.56. The first-order valence-corrected chi connectivity index (χ1v) is 10.1. The molecule has 4 nitrogen and oxygen atoms in total. The highest BCUT2D eigenvalue weighted by molar-refractivity contribution is 9.10. The SMILES string of the molecule is Cc1cc([C@H]2[C@@H](c3ccccn3)NC(=S)N2C)c(C)n1-c1ccc(Br)cc1. The molecule has 2 atom stereocenters. The third-order valence-electron chi connectivity index (χ3n) is 5.21. The lowest BCUT2D eigenvalue weighted by Gasteiger charge is -2.24. The van der Waals surface area contributed by atoms with Gasteiger partial charge in [-0.05, 0) is 74.1 Å². The number of aromatic nitrogens is 2. The average molecular weight is 441 g/mol. The summed E-state index contributed by atoms with van der Waals surface area (Å²) in [6, 6.07) is 16.8. The fourth-order valence-electron chi connectivity index (χ4n) is 3.92. The Hall–Kier alpha value is -2.18. The van der Waals surface area contributed by atoms with Gasteiger partial charge in [-0.25, -0.2) is 0 Å². The van der Waals surface area contributed by atoms with Gasteiger partial charge in [0.25, 0.3) is 0 Å². The molecular weight excluding hydrogens is 420 g/mol. The van der Waals surface area contributed by atoms with Crippen molar-refractivity contribution in [2.75, 3.05) is 7.05 Å². The molecule has 0 amide bonds. The van der Waals surface area contributed by atoms with Crippen LogP contribution in [0.1, 0.15) is 34.7 Å². The molecule has 0 saturated carbocycles. The molecule has 1 N–H and O–H groups in total. The largest absolute Gasteiger partial charge is 0.352 e. The quantitative estimate of drug-likeness (QED) is 0.589. The van der Waals surface area contributed by atoms with E-state index in [1.54, 1.807) is 0 Å². The predicted molar refractivity (Wildman–Crippen MR) is 116 cm³/mol. The molecular formula is C21H21BrN4S. The Kier molecular flexibility index (Phi) is 4.78. The van der Waals surface area contributed by atoms with Crippen molar-refractivity contribution < 1.29 is 0 Å². The number of nitrogens with zero attached hydrogens (tertiary/aromatic N) is 3. The number of halogens is 1. The Morgan fingerprint density at radius 2 is 1.85 bits per heavy atom. The molecule has 3 heterocycles. The minimum Gasteiger partial charge on any atom is -0.352 e. The molecule has 138 valence electrons. The predicted octanol–water partition coefficient (Wildman–Crippen LogP) is 4.85. The molecule has 0 aliphatic carbocycles. The first-order valence-electron chi connectivity index (χ1n) is 8.86. The Morgan fingerprint density at radius 1 is 1.11 bits per heavy atom. The number of pyridine rings is 1. The molecule has 0 unspecified atom stereocenters. The first kappa shape index (κ1) is 18.2. The molecule has 0 bridgehead atoms. The molecule has 0 spiro atoms. The van der Waals surface area contributed by atoms with Crippen molar-refractivity contribution in [2.45, 2.75) is 25.9 Å². The second kappa shape index (κ2) is 7.09. The van der Waals surface area contributed by atoms with E-state index >= 15 is 0 Å². The van der Waals surface area contributed by atoms with Gasteiger partial charge < -0.3 is 14.8 Å². The molecule has 6 heteroatoms. The highest BCUT2D eigenvalue weighted by Gasteiger charge is 2.39. The number of aryl methyl sites for hydroxylation is 1. The maximum absolute atomic E-state index is 5.56. The van der Waals surface area contributed by atoms with Gasteiger partial charge in [0.1, 0.15) is 0 Å². The molecule has 3 aromatic rings. The van der Waals surface area contributed by atoms with Gasteiger partial charge in [-0.3, -0.25) is 4.98 Å². The lowest BCUT2D eigenvalue weighted by Crippen LogP contribution is -2.25. The Labute approximate surface area is 173 Å². The van der Waals surface area contributed by atoms with Crippen LogP contribution in [-0.2, 0) is 0 Å². The molecule has 1 aliphatic heterocycles. The summed E-state index contributed by atoms with van der Waals surface area (Å²) in [5, 5.41) is 4.20. The van der Waals surface area contributed by atoms with Crippen molar-refractivity contribution in [2.24, 2.45) is 0 Å². The Morgan fingerprint density at radius 3 is 2.52 bits per heavy atom. The third-order valence-corrected chi connectivity index (χ3v) is 6.15. The molecule has 1 fully saturated rings. The van der Waals surface area contributed by atoms with Gasteiger partial charge in [0.2, 0.25) is 0 Å². The van der Waals surface area contributed by atoms with Gasteiger partial charge in [-0.15, -0.1) is 0 Å². The summed E-state index contributed by atoms with van der Waals surface area (Å²) in [4.78, 5) is 6.71. The Bertz CT molecular complexity index is 981. The topological polar surface area (TPSA) is 33.1 Å². The summed E-state index contributed by atoms with van der Waals surface area (Å²) in [7, 11) is 2.05. The summed E-state index contributed by atoms with van der Waals surface area (Å²) in [5.41, 5.74) is 5.85. The summed E-state index contributed by atoms with van der Waals surface area (Å²) in [5.74, 6) is 0. The highest BCUT2D eigenvalue weighted by atomic mass is 79.9. The number of hydrogen-bond donors (Lipinski definition) is 1. The van der Waals surface area contributed by atoms with E-state index in [0.29, 0.717) is 0 Å². The van der Waals surface area contributed by atoms with Gasteiger partial charge in [0, 0.05) is 34.8 Å². The van der Waals surface area contributed by atoms with E-state index in [1.807, 2.05) is 18.3 Å². The van der Waals surface area contributed by atoms with Crippen molar-refractivity contribution in [3.05, 3.63) is 81.8 Å².